The van der Waals surface area contributed by atoms with E-state index < -0.39 is 14.6 Å². The van der Waals surface area contributed by atoms with Gasteiger partial charge in [0.2, 0.25) is 5.91 Å². The summed E-state index contributed by atoms with van der Waals surface area (Å²) in [7, 11) is -3.42. The van der Waals surface area contributed by atoms with E-state index >= 15 is 0 Å². The first-order chi connectivity index (χ1) is 10.4. The summed E-state index contributed by atoms with van der Waals surface area (Å²) in [5.74, 6) is -0.318. The minimum Gasteiger partial charge on any atom is -0.353 e. The van der Waals surface area contributed by atoms with Gasteiger partial charge in [-0.2, -0.15) is 0 Å². The molecule has 0 saturated carbocycles. The minimum atomic E-state index is -3.42. The van der Waals surface area contributed by atoms with Gasteiger partial charge in [0, 0.05) is 25.4 Å². The summed E-state index contributed by atoms with van der Waals surface area (Å²) in [6.45, 7) is 5.75. The molecule has 0 aromatic carbocycles. The molecule has 1 unspecified atom stereocenters. The Morgan fingerprint density at radius 1 is 1.25 bits per heavy atom. The van der Waals surface area contributed by atoms with Crippen LogP contribution in [-0.2, 0) is 14.6 Å². The number of carbonyl (C=O) groups excluding carboxylic acids is 1. The van der Waals surface area contributed by atoms with Crippen LogP contribution in [0.15, 0.2) is 0 Å². The molecule has 6 nitrogen and oxygen atoms in total. The number of amides is 1. The van der Waals surface area contributed by atoms with E-state index in [1.165, 1.54) is 25.5 Å². The molecule has 0 aromatic rings. The van der Waals surface area contributed by atoms with Crippen LogP contribution in [0.3, 0.4) is 0 Å². The third-order valence-electron chi connectivity index (χ3n) is 5.16. The Morgan fingerprint density at radius 3 is 2.42 bits per heavy atom. The van der Waals surface area contributed by atoms with Crippen LogP contribution in [-0.4, -0.2) is 69.0 Å². The zero-order valence-electron chi connectivity index (χ0n) is 14.5. The number of halogens is 2. The average Bonchev–Trinajstić information content (AvgIpc) is 2.48. The summed E-state index contributed by atoms with van der Waals surface area (Å²) in [5.41, 5.74) is 0. The van der Waals surface area contributed by atoms with E-state index in [9.17, 15) is 13.2 Å². The number of carbonyl (C=O) groups is 1. The van der Waals surface area contributed by atoms with E-state index in [0.717, 1.165) is 13.1 Å². The zero-order chi connectivity index (χ0) is 16.2. The van der Waals surface area contributed by atoms with Gasteiger partial charge in [0.15, 0.2) is 14.6 Å². The first-order valence-corrected chi connectivity index (χ1v) is 10.2. The highest BCUT2D eigenvalue weighted by molar-refractivity contribution is 7.92. The van der Waals surface area contributed by atoms with Gasteiger partial charge in [-0.1, -0.05) is 6.42 Å². The largest absolute Gasteiger partial charge is 0.353 e. The van der Waals surface area contributed by atoms with E-state index in [-0.39, 0.29) is 30.7 Å². The summed E-state index contributed by atoms with van der Waals surface area (Å²) in [6, 6.07) is 0.549. The van der Waals surface area contributed by atoms with Gasteiger partial charge in [0.1, 0.15) is 0 Å². The molecular weight excluding hydrogens is 373 g/mol. The maximum atomic E-state index is 12.6. The molecule has 0 spiro atoms. The summed E-state index contributed by atoms with van der Waals surface area (Å²) in [4.78, 5) is 14.9. The van der Waals surface area contributed by atoms with Crippen LogP contribution in [0.1, 0.15) is 39.0 Å². The fraction of sp³-hybridized carbons (Fsp3) is 0.933. The van der Waals surface area contributed by atoms with E-state index in [4.69, 9.17) is 0 Å². The van der Waals surface area contributed by atoms with Gasteiger partial charge in [-0.25, -0.2) is 8.42 Å². The molecule has 2 N–H and O–H groups in total. The molecule has 2 aliphatic rings. The van der Waals surface area contributed by atoms with Gasteiger partial charge in [0.05, 0.1) is 0 Å². The van der Waals surface area contributed by atoms with E-state index in [0.29, 0.717) is 38.5 Å². The van der Waals surface area contributed by atoms with Gasteiger partial charge < -0.3 is 10.6 Å². The summed E-state index contributed by atoms with van der Waals surface area (Å²) in [5, 5.41) is 6.01. The highest BCUT2D eigenvalue weighted by Crippen LogP contribution is 2.28. The number of rotatable bonds is 5. The third-order valence-corrected chi connectivity index (χ3v) is 7.17. The van der Waals surface area contributed by atoms with E-state index in [1.54, 1.807) is 0 Å². The van der Waals surface area contributed by atoms with Crippen molar-refractivity contribution in [3.8, 4) is 0 Å². The molecule has 2 saturated heterocycles. The molecule has 9 heteroatoms. The second-order valence-corrected chi connectivity index (χ2v) is 8.98. The van der Waals surface area contributed by atoms with E-state index in [1.807, 2.05) is 0 Å². The molecule has 0 bridgehead atoms. The molecule has 2 fully saturated rings. The highest BCUT2D eigenvalue weighted by atomic mass is 35.5. The maximum absolute atomic E-state index is 12.6. The quantitative estimate of drug-likeness (QED) is 0.715. The lowest BCUT2D eigenvalue weighted by Crippen LogP contribution is -2.58. The lowest BCUT2D eigenvalue weighted by atomic mass is 9.96. The zero-order valence-corrected chi connectivity index (χ0v) is 17.0. The number of likely N-dealkylation sites (tertiary alicyclic amines) is 1. The Bertz CT molecular complexity index is 496. The van der Waals surface area contributed by atoms with Crippen LogP contribution in [0, 0.1) is 0 Å². The minimum absolute atomic E-state index is 0. The number of hydrogen-bond acceptors (Lipinski definition) is 5. The predicted octanol–water partition coefficient (Wildman–Crippen LogP) is 0.987. The second kappa shape index (κ2) is 10.2. The van der Waals surface area contributed by atoms with Crippen molar-refractivity contribution in [2.45, 2.75) is 49.8 Å². The standard InChI is InChI=1S/C15H29N3O3S.2ClH/c1-13-5-3-4-11-18(13)12-10-17-14(19)15(22(2,20)21)6-8-16-9-7-15;;/h13,16H,3-12H2,1-2H3,(H,17,19);2*1H. The van der Waals surface area contributed by atoms with Crippen molar-refractivity contribution in [1.29, 1.82) is 0 Å². The fourth-order valence-electron chi connectivity index (χ4n) is 3.56. The molecule has 1 amide bonds. The monoisotopic (exact) mass is 403 g/mol. The van der Waals surface area contributed by atoms with Crippen LogP contribution >= 0.6 is 24.8 Å². The second-order valence-electron chi connectivity index (χ2n) is 6.65. The van der Waals surface area contributed by atoms with Crippen LogP contribution in [0.2, 0.25) is 0 Å². The number of sulfone groups is 1. The Morgan fingerprint density at radius 2 is 1.88 bits per heavy atom. The summed E-state index contributed by atoms with van der Waals surface area (Å²) < 4.78 is 23.1. The normalized spacial score (nSPS) is 24.3. The Hall–Kier alpha value is -0.0800. The Kier molecular flexibility index (Phi) is 10.1. The number of nitrogens with one attached hydrogen (secondary N) is 2. The third kappa shape index (κ3) is 5.46. The van der Waals surface area contributed by atoms with Crippen LogP contribution in [0.5, 0.6) is 0 Å². The van der Waals surface area contributed by atoms with Crippen molar-refractivity contribution in [3.63, 3.8) is 0 Å². The summed E-state index contributed by atoms with van der Waals surface area (Å²) in [6.07, 6.45) is 5.58. The number of hydrogen-bond donors (Lipinski definition) is 2. The molecule has 2 aliphatic heterocycles. The Balaban J connectivity index is 0.00000264. The lowest BCUT2D eigenvalue weighted by molar-refractivity contribution is -0.124. The molecule has 24 heavy (non-hydrogen) atoms. The van der Waals surface area contributed by atoms with Crippen LogP contribution in [0.4, 0.5) is 0 Å². The maximum Gasteiger partial charge on any atom is 0.241 e. The Labute approximate surface area is 158 Å². The lowest BCUT2D eigenvalue weighted by Gasteiger charge is -2.36. The highest BCUT2D eigenvalue weighted by Gasteiger charge is 2.48. The first-order valence-electron chi connectivity index (χ1n) is 8.29. The molecule has 1 atom stereocenters. The van der Waals surface area contributed by atoms with Gasteiger partial charge >= 0.3 is 0 Å². The fourth-order valence-corrected chi connectivity index (χ4v) is 4.92. The predicted molar refractivity (Wildman–Crippen MR) is 102 cm³/mol. The summed E-state index contributed by atoms with van der Waals surface area (Å²) >= 11 is 0. The smallest absolute Gasteiger partial charge is 0.241 e. The van der Waals surface area contributed by atoms with Crippen molar-refractivity contribution in [3.05, 3.63) is 0 Å². The number of piperidine rings is 2. The average molecular weight is 404 g/mol. The number of nitrogens with zero attached hydrogens (tertiary/aromatic N) is 1. The van der Waals surface area contributed by atoms with Gasteiger partial charge in [-0.15, -0.1) is 24.8 Å². The molecule has 2 rings (SSSR count). The van der Waals surface area contributed by atoms with Crippen molar-refractivity contribution in [2.75, 3.05) is 39.0 Å². The topological polar surface area (TPSA) is 78.5 Å². The molecular formula is C15H31Cl2N3O3S. The van der Waals surface area contributed by atoms with Gasteiger partial charge in [-0.3, -0.25) is 9.69 Å². The van der Waals surface area contributed by atoms with Crippen molar-refractivity contribution < 1.29 is 13.2 Å². The van der Waals surface area contributed by atoms with Gasteiger partial charge in [0.25, 0.3) is 0 Å². The van der Waals surface area contributed by atoms with Crippen LogP contribution < -0.4 is 10.6 Å². The molecule has 2 heterocycles. The molecule has 0 aliphatic carbocycles. The van der Waals surface area contributed by atoms with Crippen LogP contribution in [0.25, 0.3) is 0 Å². The van der Waals surface area contributed by atoms with Crippen molar-refractivity contribution >= 4 is 40.6 Å². The molecule has 0 radical (unpaired) electrons. The SMILES string of the molecule is CC1CCCCN1CCNC(=O)C1(S(C)(=O)=O)CCNCC1.Cl.Cl. The van der Waals surface area contributed by atoms with Gasteiger partial charge in [-0.05, 0) is 52.2 Å². The first kappa shape index (κ1) is 23.9. The van der Waals surface area contributed by atoms with Crippen molar-refractivity contribution in [2.24, 2.45) is 0 Å². The molecule has 144 valence electrons. The van der Waals surface area contributed by atoms with E-state index in [2.05, 4.69) is 22.5 Å². The van der Waals surface area contributed by atoms with Crippen molar-refractivity contribution in [1.82, 2.24) is 15.5 Å². The molecule has 0 aromatic heterocycles.